The van der Waals surface area contributed by atoms with Gasteiger partial charge in [0.15, 0.2) is 0 Å². The van der Waals surface area contributed by atoms with Crippen LogP contribution in [0.25, 0.3) is 77.5 Å². The van der Waals surface area contributed by atoms with Gasteiger partial charge in [0.05, 0.1) is 38.9 Å². The molecule has 7 aromatic carbocycles. The van der Waals surface area contributed by atoms with Gasteiger partial charge in [-0.3, -0.25) is 9.97 Å². The van der Waals surface area contributed by atoms with E-state index in [2.05, 4.69) is 173 Å². The number of fused-ring (bicyclic) bond motifs is 15. The summed E-state index contributed by atoms with van der Waals surface area (Å²) in [7, 11) is 0. The number of rotatable bonds is 3. The molecule has 270 valence electrons. The number of aromatic nitrogens is 4. The molecule has 13 rings (SSSR count). The summed E-state index contributed by atoms with van der Waals surface area (Å²) >= 11 is 0. The van der Waals surface area contributed by atoms with E-state index in [4.69, 9.17) is 14.7 Å². The van der Waals surface area contributed by atoms with E-state index in [0.29, 0.717) is 0 Å². The lowest BCUT2D eigenvalue weighted by molar-refractivity contribution is 0.436. The Morgan fingerprint density at radius 1 is 0.362 bits per heavy atom. The fraction of sp³-hybridized carbons (Fsp3) is 0.0189. The van der Waals surface area contributed by atoms with Crippen molar-refractivity contribution in [3.8, 4) is 45.4 Å². The Morgan fingerprint density at radius 2 is 0.862 bits per heavy atom. The summed E-state index contributed by atoms with van der Waals surface area (Å²) in [5.41, 5.74) is 14.9. The number of benzene rings is 7. The minimum atomic E-state index is -0.630. The van der Waals surface area contributed by atoms with Crippen LogP contribution in [0, 0.1) is 0 Å². The van der Waals surface area contributed by atoms with Crippen LogP contribution in [0.1, 0.15) is 22.3 Å². The number of hydrogen-bond donors (Lipinski definition) is 0. The van der Waals surface area contributed by atoms with Crippen LogP contribution >= 0.6 is 0 Å². The van der Waals surface area contributed by atoms with E-state index in [1.54, 1.807) is 0 Å². The van der Waals surface area contributed by atoms with Gasteiger partial charge in [-0.15, -0.1) is 0 Å². The molecule has 0 saturated heterocycles. The van der Waals surface area contributed by atoms with Crippen molar-refractivity contribution in [2.24, 2.45) is 0 Å². The number of hydrogen-bond acceptors (Lipinski definition) is 3. The molecule has 1 aliphatic heterocycles. The minimum absolute atomic E-state index is 0.630. The Hall–Kier alpha value is -7.76. The molecule has 0 saturated carbocycles. The first-order chi connectivity index (χ1) is 28.8. The van der Waals surface area contributed by atoms with Crippen LogP contribution < -0.4 is 4.74 Å². The third kappa shape index (κ3) is 4.09. The third-order valence-electron chi connectivity index (χ3n) is 12.5. The zero-order chi connectivity index (χ0) is 38.0. The van der Waals surface area contributed by atoms with Crippen molar-refractivity contribution >= 4 is 43.6 Å². The zero-order valence-corrected chi connectivity index (χ0v) is 31.2. The smallest absolute Gasteiger partial charge is 0.132 e. The molecule has 0 radical (unpaired) electrons. The van der Waals surface area contributed by atoms with E-state index in [0.717, 1.165) is 73.2 Å². The predicted octanol–water partition coefficient (Wildman–Crippen LogP) is 12.8. The topological polar surface area (TPSA) is 44.9 Å². The second-order valence-electron chi connectivity index (χ2n) is 15.3. The molecule has 1 aliphatic carbocycles. The van der Waals surface area contributed by atoms with Gasteiger partial charge in [-0.2, -0.15) is 0 Å². The monoisotopic (exact) mass is 740 g/mol. The summed E-state index contributed by atoms with van der Waals surface area (Å²) in [6.45, 7) is 0. The molecule has 11 aromatic rings. The van der Waals surface area contributed by atoms with Crippen molar-refractivity contribution in [3.63, 3.8) is 0 Å². The molecule has 5 heteroatoms. The fourth-order valence-corrected chi connectivity index (χ4v) is 10.1. The molecule has 0 unspecified atom stereocenters. The maximum atomic E-state index is 6.70. The summed E-state index contributed by atoms with van der Waals surface area (Å²) in [6, 6.07) is 65.5. The van der Waals surface area contributed by atoms with Crippen molar-refractivity contribution < 1.29 is 4.74 Å². The Kier molecular flexibility index (Phi) is 6.31. The summed E-state index contributed by atoms with van der Waals surface area (Å²) in [4.78, 5) is 9.81. The SMILES string of the molecule is c1cc(-n2c3ccccc3c3ccccc32)cc(-n2c3ccccc3c3cc(-c4ccc5c(c4)C4(c6ccccc6O5)c5cccnc5-c5ncccc54)ccc32)c1. The molecule has 58 heavy (non-hydrogen) atoms. The first kappa shape index (κ1) is 31.4. The van der Waals surface area contributed by atoms with Gasteiger partial charge in [0.2, 0.25) is 0 Å². The molecule has 1 spiro atoms. The van der Waals surface area contributed by atoms with Gasteiger partial charge in [-0.05, 0) is 101 Å². The first-order valence-electron chi connectivity index (χ1n) is 19.7. The highest BCUT2D eigenvalue weighted by Crippen LogP contribution is 2.61. The molecule has 0 amide bonds. The van der Waals surface area contributed by atoms with Crippen molar-refractivity contribution in [1.82, 2.24) is 19.1 Å². The van der Waals surface area contributed by atoms with E-state index in [1.807, 2.05) is 30.6 Å². The molecular weight excluding hydrogens is 709 g/mol. The molecule has 0 N–H and O–H groups in total. The van der Waals surface area contributed by atoms with E-state index in [-0.39, 0.29) is 0 Å². The fourth-order valence-electron chi connectivity index (χ4n) is 10.1. The molecule has 0 bridgehead atoms. The quantitative estimate of drug-likeness (QED) is 0.181. The molecule has 4 aromatic heterocycles. The van der Waals surface area contributed by atoms with Crippen LogP contribution in [0.3, 0.4) is 0 Å². The van der Waals surface area contributed by atoms with Crippen molar-refractivity contribution in [3.05, 3.63) is 217 Å². The highest BCUT2D eigenvalue weighted by molar-refractivity contribution is 6.11. The summed E-state index contributed by atoms with van der Waals surface area (Å²) in [5, 5.41) is 4.93. The van der Waals surface area contributed by atoms with Gasteiger partial charge >= 0.3 is 0 Å². The van der Waals surface area contributed by atoms with Crippen LogP contribution in [0.15, 0.2) is 194 Å². The van der Waals surface area contributed by atoms with Gasteiger partial charge in [0.25, 0.3) is 0 Å². The second kappa shape index (κ2) is 11.6. The first-order valence-corrected chi connectivity index (χ1v) is 19.7. The second-order valence-corrected chi connectivity index (χ2v) is 15.3. The van der Waals surface area contributed by atoms with Crippen molar-refractivity contribution in [2.45, 2.75) is 5.41 Å². The highest BCUT2D eigenvalue weighted by atomic mass is 16.5. The average Bonchev–Trinajstić information content (AvgIpc) is 3.91. The maximum Gasteiger partial charge on any atom is 0.132 e. The predicted molar refractivity (Wildman–Crippen MR) is 234 cm³/mol. The van der Waals surface area contributed by atoms with Crippen LogP contribution in [-0.2, 0) is 5.41 Å². The van der Waals surface area contributed by atoms with Crippen molar-refractivity contribution in [2.75, 3.05) is 0 Å². The van der Waals surface area contributed by atoms with Gasteiger partial charge in [-0.25, -0.2) is 0 Å². The van der Waals surface area contributed by atoms with Gasteiger partial charge in [0, 0.05) is 56.4 Å². The van der Waals surface area contributed by atoms with E-state index in [1.165, 1.54) is 38.1 Å². The molecule has 5 nitrogen and oxygen atoms in total. The Morgan fingerprint density at radius 3 is 1.52 bits per heavy atom. The van der Waals surface area contributed by atoms with Gasteiger partial charge < -0.3 is 13.9 Å². The minimum Gasteiger partial charge on any atom is -0.457 e. The normalized spacial score (nSPS) is 13.4. The molecule has 0 fully saturated rings. The average molecular weight is 741 g/mol. The third-order valence-corrected chi connectivity index (χ3v) is 12.5. The lowest BCUT2D eigenvalue weighted by Gasteiger charge is -2.39. The Bertz CT molecular complexity index is 3420. The number of nitrogens with zero attached hydrogens (tertiary/aromatic N) is 4. The lowest BCUT2D eigenvalue weighted by Crippen LogP contribution is -2.32. The number of ether oxygens (including phenoxy) is 1. The lowest BCUT2D eigenvalue weighted by atomic mass is 9.66. The van der Waals surface area contributed by atoms with Gasteiger partial charge in [-0.1, -0.05) is 103 Å². The van der Waals surface area contributed by atoms with Crippen LogP contribution in [-0.4, -0.2) is 19.1 Å². The highest BCUT2D eigenvalue weighted by Gasteiger charge is 2.52. The van der Waals surface area contributed by atoms with Crippen LogP contribution in [0.4, 0.5) is 0 Å². The van der Waals surface area contributed by atoms with Crippen LogP contribution in [0.5, 0.6) is 11.5 Å². The van der Waals surface area contributed by atoms with E-state index >= 15 is 0 Å². The number of pyridine rings is 2. The number of para-hydroxylation sites is 4. The largest absolute Gasteiger partial charge is 0.457 e. The van der Waals surface area contributed by atoms with Crippen LogP contribution in [0.2, 0.25) is 0 Å². The summed E-state index contributed by atoms with van der Waals surface area (Å²) in [6.07, 6.45) is 3.73. The Labute approximate surface area is 333 Å². The standard InChI is InChI=1S/C53H32N4O/c1-5-20-45-37(14-1)38-15-2-6-21-46(38)56(45)35-12-9-13-36(32-35)57-47-22-7-3-16-39(47)40-30-33(24-26-48(40)57)34-25-27-50-44(31-34)53(41-17-4-8-23-49(41)58-50)42-18-10-28-54-51(42)52-43(53)19-11-29-55-52/h1-32H. The molecular formula is C53H32N4O. The summed E-state index contributed by atoms with van der Waals surface area (Å²) < 4.78 is 11.5. The molecule has 0 atom stereocenters. The van der Waals surface area contributed by atoms with E-state index < -0.39 is 5.41 Å². The maximum absolute atomic E-state index is 6.70. The molecule has 2 aliphatic rings. The van der Waals surface area contributed by atoms with Gasteiger partial charge in [0.1, 0.15) is 11.5 Å². The Balaban J connectivity index is 1.00. The summed E-state index contributed by atoms with van der Waals surface area (Å²) in [5.74, 6) is 1.69. The van der Waals surface area contributed by atoms with Crippen molar-refractivity contribution in [1.29, 1.82) is 0 Å². The zero-order valence-electron chi connectivity index (χ0n) is 31.2. The molecule has 5 heterocycles. The van der Waals surface area contributed by atoms with E-state index in [9.17, 15) is 0 Å².